The SMILES string of the molecule is CCOc1ccc(CCNC(=NC)NCc2nccn2Cc2ccccc2)cc1OCC.I. The normalized spacial score (nSPS) is 10.9. The van der Waals surface area contributed by atoms with Gasteiger partial charge in [-0.2, -0.15) is 0 Å². The molecular formula is C25H34IN5O2. The van der Waals surface area contributed by atoms with Gasteiger partial charge in [-0.3, -0.25) is 4.99 Å². The Bertz CT molecular complexity index is 991. The summed E-state index contributed by atoms with van der Waals surface area (Å²) in [6.07, 6.45) is 4.68. The van der Waals surface area contributed by atoms with Gasteiger partial charge in [0, 0.05) is 32.5 Å². The monoisotopic (exact) mass is 563 g/mol. The van der Waals surface area contributed by atoms with E-state index in [0.717, 1.165) is 42.8 Å². The van der Waals surface area contributed by atoms with E-state index in [0.29, 0.717) is 19.8 Å². The Labute approximate surface area is 213 Å². The highest BCUT2D eigenvalue weighted by Gasteiger charge is 2.08. The van der Waals surface area contributed by atoms with Crippen molar-refractivity contribution in [1.82, 2.24) is 20.2 Å². The molecule has 3 aromatic rings. The maximum absolute atomic E-state index is 5.72. The van der Waals surface area contributed by atoms with Crippen LogP contribution in [0.25, 0.3) is 0 Å². The van der Waals surface area contributed by atoms with Crippen LogP contribution in [-0.2, 0) is 19.5 Å². The quantitative estimate of drug-likeness (QED) is 0.207. The maximum Gasteiger partial charge on any atom is 0.191 e. The number of nitrogens with zero attached hydrogens (tertiary/aromatic N) is 3. The van der Waals surface area contributed by atoms with Crippen molar-refractivity contribution >= 4 is 29.9 Å². The molecule has 1 aromatic heterocycles. The van der Waals surface area contributed by atoms with Crippen LogP contribution in [0.1, 0.15) is 30.8 Å². The Hall–Kier alpha value is -2.75. The molecule has 0 amide bonds. The molecule has 33 heavy (non-hydrogen) atoms. The van der Waals surface area contributed by atoms with Gasteiger partial charge in [0.15, 0.2) is 17.5 Å². The first-order valence-corrected chi connectivity index (χ1v) is 11.1. The van der Waals surface area contributed by atoms with Gasteiger partial charge >= 0.3 is 0 Å². The zero-order valence-corrected chi connectivity index (χ0v) is 21.9. The largest absolute Gasteiger partial charge is 0.490 e. The van der Waals surface area contributed by atoms with Crippen molar-refractivity contribution in [1.29, 1.82) is 0 Å². The molecule has 0 atom stereocenters. The van der Waals surface area contributed by atoms with Gasteiger partial charge in [0.05, 0.1) is 19.8 Å². The van der Waals surface area contributed by atoms with Gasteiger partial charge in [0.2, 0.25) is 0 Å². The number of aliphatic imine (C=N–C) groups is 1. The summed E-state index contributed by atoms with van der Waals surface area (Å²) in [6.45, 7) is 7.31. The minimum atomic E-state index is 0. The summed E-state index contributed by atoms with van der Waals surface area (Å²) >= 11 is 0. The highest BCUT2D eigenvalue weighted by atomic mass is 127. The Morgan fingerprint density at radius 2 is 1.73 bits per heavy atom. The topological polar surface area (TPSA) is 72.7 Å². The number of hydrogen-bond donors (Lipinski definition) is 2. The van der Waals surface area contributed by atoms with Crippen LogP contribution >= 0.6 is 24.0 Å². The number of ether oxygens (including phenoxy) is 2. The number of benzene rings is 2. The molecule has 2 aromatic carbocycles. The van der Waals surface area contributed by atoms with Crippen molar-refractivity contribution in [2.75, 3.05) is 26.8 Å². The molecule has 1 heterocycles. The lowest BCUT2D eigenvalue weighted by Gasteiger charge is -2.14. The summed E-state index contributed by atoms with van der Waals surface area (Å²) in [4.78, 5) is 8.82. The summed E-state index contributed by atoms with van der Waals surface area (Å²) in [5.74, 6) is 3.29. The first-order chi connectivity index (χ1) is 15.7. The molecule has 0 saturated carbocycles. The Balaban J connectivity index is 0.00000385. The van der Waals surface area contributed by atoms with Gasteiger partial charge in [0.25, 0.3) is 0 Å². The molecule has 2 N–H and O–H groups in total. The zero-order chi connectivity index (χ0) is 22.6. The summed E-state index contributed by atoms with van der Waals surface area (Å²) in [5.41, 5.74) is 2.43. The number of aromatic nitrogens is 2. The summed E-state index contributed by atoms with van der Waals surface area (Å²) in [5, 5.41) is 6.72. The first kappa shape index (κ1) is 26.5. The van der Waals surface area contributed by atoms with Gasteiger partial charge in [-0.15, -0.1) is 24.0 Å². The van der Waals surface area contributed by atoms with E-state index in [2.05, 4.69) is 55.5 Å². The number of rotatable bonds is 11. The predicted octanol–water partition coefficient (Wildman–Crippen LogP) is 4.25. The highest BCUT2D eigenvalue weighted by molar-refractivity contribution is 14.0. The molecule has 0 aliphatic heterocycles. The van der Waals surface area contributed by atoms with Crippen LogP contribution in [0.4, 0.5) is 0 Å². The van der Waals surface area contributed by atoms with E-state index in [9.17, 15) is 0 Å². The second-order valence-corrected chi connectivity index (χ2v) is 7.21. The lowest BCUT2D eigenvalue weighted by Crippen LogP contribution is -2.38. The second-order valence-electron chi connectivity index (χ2n) is 7.21. The van der Waals surface area contributed by atoms with Gasteiger partial charge in [-0.25, -0.2) is 4.98 Å². The van der Waals surface area contributed by atoms with Gasteiger partial charge in [0.1, 0.15) is 5.82 Å². The molecular weight excluding hydrogens is 529 g/mol. The van der Waals surface area contributed by atoms with Crippen LogP contribution in [0, 0.1) is 0 Å². The molecule has 0 aliphatic rings. The fraction of sp³-hybridized carbons (Fsp3) is 0.360. The smallest absolute Gasteiger partial charge is 0.191 e. The number of halogens is 1. The lowest BCUT2D eigenvalue weighted by molar-refractivity contribution is 0.287. The minimum Gasteiger partial charge on any atom is -0.490 e. The second kappa shape index (κ2) is 14.4. The van der Waals surface area contributed by atoms with Crippen molar-refractivity contribution in [3.05, 3.63) is 77.9 Å². The van der Waals surface area contributed by atoms with E-state index in [4.69, 9.17) is 9.47 Å². The van der Waals surface area contributed by atoms with E-state index >= 15 is 0 Å². The molecule has 3 rings (SSSR count). The molecule has 0 aliphatic carbocycles. The number of guanidine groups is 1. The average Bonchev–Trinajstić information content (AvgIpc) is 3.25. The third-order valence-corrected chi connectivity index (χ3v) is 4.95. The van der Waals surface area contributed by atoms with E-state index in [-0.39, 0.29) is 24.0 Å². The fourth-order valence-corrected chi connectivity index (χ4v) is 3.39. The van der Waals surface area contributed by atoms with Crippen LogP contribution < -0.4 is 20.1 Å². The lowest BCUT2D eigenvalue weighted by atomic mass is 10.1. The van der Waals surface area contributed by atoms with Gasteiger partial charge in [-0.05, 0) is 43.5 Å². The predicted molar refractivity (Wildman–Crippen MR) is 144 cm³/mol. The summed E-state index contributed by atoms with van der Waals surface area (Å²) < 4.78 is 13.5. The number of hydrogen-bond acceptors (Lipinski definition) is 4. The average molecular weight is 563 g/mol. The fourth-order valence-electron chi connectivity index (χ4n) is 3.39. The molecule has 0 bridgehead atoms. The molecule has 0 fully saturated rings. The van der Waals surface area contributed by atoms with E-state index in [1.165, 1.54) is 11.1 Å². The third kappa shape index (κ3) is 8.27. The third-order valence-electron chi connectivity index (χ3n) is 4.95. The van der Waals surface area contributed by atoms with Gasteiger partial charge in [-0.1, -0.05) is 36.4 Å². The molecule has 0 saturated heterocycles. The molecule has 0 radical (unpaired) electrons. The van der Waals surface area contributed by atoms with E-state index in [1.54, 1.807) is 7.05 Å². The van der Waals surface area contributed by atoms with Crippen LogP contribution in [0.15, 0.2) is 65.9 Å². The first-order valence-electron chi connectivity index (χ1n) is 11.1. The van der Waals surface area contributed by atoms with Crippen LogP contribution in [0.3, 0.4) is 0 Å². The zero-order valence-electron chi connectivity index (χ0n) is 19.6. The van der Waals surface area contributed by atoms with Crippen molar-refractivity contribution in [3.8, 4) is 11.5 Å². The van der Waals surface area contributed by atoms with Crippen molar-refractivity contribution < 1.29 is 9.47 Å². The standard InChI is InChI=1S/C25H33N5O2.HI/c1-4-31-22-12-11-20(17-23(22)32-5-2)13-14-28-25(26-3)29-18-24-27-15-16-30(24)19-21-9-7-6-8-10-21;/h6-12,15-17H,4-5,13-14,18-19H2,1-3H3,(H2,26,28,29);1H. The Kier molecular flexibility index (Phi) is 11.6. The van der Waals surface area contributed by atoms with Crippen LogP contribution in [0.2, 0.25) is 0 Å². The van der Waals surface area contributed by atoms with Crippen molar-refractivity contribution in [2.24, 2.45) is 4.99 Å². The Morgan fingerprint density at radius 3 is 2.45 bits per heavy atom. The van der Waals surface area contributed by atoms with E-state index < -0.39 is 0 Å². The molecule has 0 unspecified atom stereocenters. The number of nitrogens with one attached hydrogen (secondary N) is 2. The number of imidazole rings is 1. The molecule has 178 valence electrons. The van der Waals surface area contributed by atoms with Crippen LogP contribution in [0.5, 0.6) is 11.5 Å². The van der Waals surface area contributed by atoms with Crippen LogP contribution in [-0.4, -0.2) is 42.3 Å². The minimum absolute atomic E-state index is 0. The van der Waals surface area contributed by atoms with Crippen molar-refractivity contribution in [3.63, 3.8) is 0 Å². The molecule has 7 nitrogen and oxygen atoms in total. The maximum atomic E-state index is 5.72. The molecule has 0 spiro atoms. The van der Waals surface area contributed by atoms with E-state index in [1.807, 2.05) is 44.4 Å². The highest BCUT2D eigenvalue weighted by Crippen LogP contribution is 2.28. The van der Waals surface area contributed by atoms with Gasteiger partial charge < -0.3 is 24.7 Å². The molecule has 8 heteroatoms. The van der Waals surface area contributed by atoms with Crippen molar-refractivity contribution in [2.45, 2.75) is 33.4 Å². The Morgan fingerprint density at radius 1 is 0.970 bits per heavy atom. The summed E-state index contributed by atoms with van der Waals surface area (Å²) in [6, 6.07) is 16.5. The summed E-state index contributed by atoms with van der Waals surface area (Å²) in [7, 11) is 1.77.